The second-order valence-electron chi connectivity index (χ2n) is 4.77. The van der Waals surface area contributed by atoms with Crippen LogP contribution in [0.5, 0.6) is 0 Å². The minimum absolute atomic E-state index is 0.158. The van der Waals surface area contributed by atoms with Crippen molar-refractivity contribution < 1.29 is 4.39 Å². The third-order valence-corrected chi connectivity index (χ3v) is 3.69. The van der Waals surface area contributed by atoms with Crippen LogP contribution in [-0.2, 0) is 0 Å². The second-order valence-corrected chi connectivity index (χ2v) is 4.77. The van der Waals surface area contributed by atoms with Gasteiger partial charge in [0.2, 0.25) is 0 Å². The Morgan fingerprint density at radius 3 is 2.50 bits per heavy atom. The lowest BCUT2D eigenvalue weighted by molar-refractivity contribution is 0.504. The number of aromatic nitrogens is 2. The van der Waals surface area contributed by atoms with Crippen molar-refractivity contribution in [3.05, 3.63) is 48.0 Å². The van der Waals surface area contributed by atoms with Crippen LogP contribution in [0.4, 0.5) is 10.1 Å². The maximum atomic E-state index is 12.9. The summed E-state index contributed by atoms with van der Waals surface area (Å²) in [6.45, 7) is 2.06. The number of hydrogen-bond acceptors (Lipinski definition) is 2. The van der Waals surface area contributed by atoms with Gasteiger partial charge in [-0.3, -0.25) is 5.10 Å². The van der Waals surface area contributed by atoms with Gasteiger partial charge in [0.1, 0.15) is 5.82 Å². The van der Waals surface area contributed by atoms with Gasteiger partial charge in [0.15, 0.2) is 0 Å². The minimum atomic E-state index is -0.158. The molecule has 0 aliphatic carbocycles. The zero-order valence-electron chi connectivity index (χ0n) is 10.1. The Kier molecular flexibility index (Phi) is 3.00. The molecule has 0 bridgehead atoms. The molecule has 1 fully saturated rings. The van der Waals surface area contributed by atoms with E-state index < -0.39 is 0 Å². The number of rotatable bonds is 2. The van der Waals surface area contributed by atoms with Crippen LogP contribution in [0.3, 0.4) is 0 Å². The Labute approximate surface area is 106 Å². The number of aromatic amines is 1. The maximum Gasteiger partial charge on any atom is 0.123 e. The van der Waals surface area contributed by atoms with Gasteiger partial charge in [0.05, 0.1) is 11.9 Å². The molecular weight excluding hydrogens is 229 g/mol. The van der Waals surface area contributed by atoms with Crippen LogP contribution in [0, 0.1) is 5.82 Å². The van der Waals surface area contributed by atoms with E-state index in [0.29, 0.717) is 5.92 Å². The van der Waals surface area contributed by atoms with E-state index in [4.69, 9.17) is 0 Å². The number of anilines is 1. The van der Waals surface area contributed by atoms with Crippen LogP contribution in [0.15, 0.2) is 36.7 Å². The molecule has 94 valence electrons. The van der Waals surface area contributed by atoms with E-state index in [1.54, 1.807) is 12.1 Å². The molecule has 3 rings (SSSR count). The van der Waals surface area contributed by atoms with Crippen LogP contribution in [0.2, 0.25) is 0 Å². The molecule has 1 N–H and O–H groups in total. The summed E-state index contributed by atoms with van der Waals surface area (Å²) in [5.41, 5.74) is 2.41. The number of halogens is 1. The summed E-state index contributed by atoms with van der Waals surface area (Å²) in [7, 11) is 0. The third kappa shape index (κ3) is 2.23. The fourth-order valence-corrected chi connectivity index (χ4v) is 2.62. The molecule has 1 saturated heterocycles. The zero-order chi connectivity index (χ0) is 12.4. The Morgan fingerprint density at radius 2 is 1.89 bits per heavy atom. The van der Waals surface area contributed by atoms with E-state index in [9.17, 15) is 4.39 Å². The summed E-state index contributed by atoms with van der Waals surface area (Å²) in [5, 5.41) is 6.82. The molecule has 3 nitrogen and oxygen atoms in total. The van der Waals surface area contributed by atoms with Crippen molar-refractivity contribution in [2.45, 2.75) is 18.8 Å². The molecule has 2 aromatic rings. The normalized spacial score (nSPS) is 17.1. The van der Waals surface area contributed by atoms with Crippen LogP contribution in [0.25, 0.3) is 0 Å². The third-order valence-electron chi connectivity index (χ3n) is 3.69. The first-order chi connectivity index (χ1) is 8.83. The molecule has 1 aromatic heterocycles. The predicted molar refractivity (Wildman–Crippen MR) is 69.2 cm³/mol. The van der Waals surface area contributed by atoms with Crippen molar-refractivity contribution >= 4 is 5.69 Å². The van der Waals surface area contributed by atoms with E-state index in [0.717, 1.165) is 31.6 Å². The molecule has 18 heavy (non-hydrogen) atoms. The lowest BCUT2D eigenvalue weighted by Crippen LogP contribution is -2.32. The number of nitrogens with zero attached hydrogens (tertiary/aromatic N) is 2. The van der Waals surface area contributed by atoms with E-state index in [1.165, 1.54) is 5.56 Å². The average Bonchev–Trinajstić information content (AvgIpc) is 2.94. The number of benzene rings is 1. The van der Waals surface area contributed by atoms with E-state index in [1.807, 2.05) is 24.5 Å². The van der Waals surface area contributed by atoms with Gasteiger partial charge in [-0.05, 0) is 36.5 Å². The van der Waals surface area contributed by atoms with Crippen LogP contribution < -0.4 is 4.90 Å². The smallest absolute Gasteiger partial charge is 0.123 e. The number of piperidine rings is 1. The second kappa shape index (κ2) is 4.80. The van der Waals surface area contributed by atoms with Gasteiger partial charge in [-0.2, -0.15) is 5.10 Å². The van der Waals surface area contributed by atoms with Gasteiger partial charge in [-0.25, -0.2) is 4.39 Å². The molecule has 1 aliphatic rings. The molecular formula is C14H16FN3. The Morgan fingerprint density at radius 1 is 1.17 bits per heavy atom. The molecule has 0 spiro atoms. The van der Waals surface area contributed by atoms with Gasteiger partial charge < -0.3 is 4.90 Å². The monoisotopic (exact) mass is 245 g/mol. The van der Waals surface area contributed by atoms with Crippen molar-refractivity contribution in [1.82, 2.24) is 10.2 Å². The van der Waals surface area contributed by atoms with Crippen LogP contribution >= 0.6 is 0 Å². The average molecular weight is 245 g/mol. The highest BCUT2D eigenvalue weighted by Gasteiger charge is 2.21. The number of nitrogens with one attached hydrogen (secondary N) is 1. The van der Waals surface area contributed by atoms with Crippen molar-refractivity contribution in [1.29, 1.82) is 0 Å². The molecule has 0 amide bonds. The maximum absolute atomic E-state index is 12.9. The summed E-state index contributed by atoms with van der Waals surface area (Å²) in [6, 6.07) is 6.93. The summed E-state index contributed by atoms with van der Waals surface area (Å²) in [5.74, 6) is 0.392. The standard InChI is InChI=1S/C14H16FN3/c15-13-3-1-11(2-4-13)12-5-7-18(8-6-12)14-9-16-17-10-14/h1-4,9-10,12H,5-8H2,(H,16,17). The van der Waals surface area contributed by atoms with E-state index in [2.05, 4.69) is 15.1 Å². The molecule has 1 aliphatic heterocycles. The molecule has 0 saturated carbocycles. The summed E-state index contributed by atoms with van der Waals surface area (Å²) < 4.78 is 12.9. The lowest BCUT2D eigenvalue weighted by atomic mass is 9.89. The highest BCUT2D eigenvalue weighted by atomic mass is 19.1. The SMILES string of the molecule is Fc1ccc(C2CCN(c3cn[nH]c3)CC2)cc1. The van der Waals surface area contributed by atoms with E-state index >= 15 is 0 Å². The number of hydrogen-bond donors (Lipinski definition) is 1. The summed E-state index contributed by atoms with van der Waals surface area (Å²) in [4.78, 5) is 2.34. The first-order valence-electron chi connectivity index (χ1n) is 6.32. The van der Waals surface area contributed by atoms with Crippen LogP contribution in [0.1, 0.15) is 24.3 Å². The van der Waals surface area contributed by atoms with Gasteiger partial charge in [-0.1, -0.05) is 12.1 Å². The van der Waals surface area contributed by atoms with Crippen LogP contribution in [-0.4, -0.2) is 23.3 Å². The Bertz CT molecular complexity index is 484. The summed E-state index contributed by atoms with van der Waals surface area (Å²) in [6.07, 6.45) is 6.00. The first kappa shape index (κ1) is 11.3. The van der Waals surface area contributed by atoms with Gasteiger partial charge in [0, 0.05) is 19.3 Å². The predicted octanol–water partition coefficient (Wildman–Crippen LogP) is 2.93. The molecule has 0 radical (unpaired) electrons. The van der Waals surface area contributed by atoms with Gasteiger partial charge in [-0.15, -0.1) is 0 Å². The quantitative estimate of drug-likeness (QED) is 0.882. The van der Waals surface area contributed by atoms with Crippen molar-refractivity contribution in [2.75, 3.05) is 18.0 Å². The highest BCUT2D eigenvalue weighted by Crippen LogP contribution is 2.30. The molecule has 1 aromatic carbocycles. The molecule has 0 atom stereocenters. The fraction of sp³-hybridized carbons (Fsp3) is 0.357. The number of H-pyrrole nitrogens is 1. The highest BCUT2D eigenvalue weighted by molar-refractivity contribution is 5.42. The first-order valence-corrected chi connectivity index (χ1v) is 6.32. The van der Waals surface area contributed by atoms with Gasteiger partial charge in [0.25, 0.3) is 0 Å². The van der Waals surface area contributed by atoms with Crippen molar-refractivity contribution in [2.24, 2.45) is 0 Å². The largest absolute Gasteiger partial charge is 0.369 e. The fourth-order valence-electron chi connectivity index (χ4n) is 2.62. The van der Waals surface area contributed by atoms with Gasteiger partial charge >= 0.3 is 0 Å². The topological polar surface area (TPSA) is 31.9 Å². The summed E-state index contributed by atoms with van der Waals surface area (Å²) >= 11 is 0. The molecule has 2 heterocycles. The Hall–Kier alpha value is -1.84. The molecule has 4 heteroatoms. The van der Waals surface area contributed by atoms with Crippen molar-refractivity contribution in [3.63, 3.8) is 0 Å². The molecule has 0 unspecified atom stereocenters. The lowest BCUT2D eigenvalue weighted by Gasteiger charge is -2.32. The Balaban J connectivity index is 1.65. The van der Waals surface area contributed by atoms with E-state index in [-0.39, 0.29) is 5.82 Å². The minimum Gasteiger partial charge on any atom is -0.369 e. The zero-order valence-corrected chi connectivity index (χ0v) is 10.1. The van der Waals surface area contributed by atoms with Crippen molar-refractivity contribution in [3.8, 4) is 0 Å².